The summed E-state index contributed by atoms with van der Waals surface area (Å²) in [5.41, 5.74) is 0. The van der Waals surface area contributed by atoms with Crippen molar-refractivity contribution >= 4 is 33.2 Å². The van der Waals surface area contributed by atoms with Gasteiger partial charge in [0.05, 0.1) is 0 Å². The Hall–Kier alpha value is 0. The fourth-order valence-electron chi connectivity index (χ4n) is 1.52. The summed E-state index contributed by atoms with van der Waals surface area (Å²) in [4.78, 5) is 22.5. The first kappa shape index (κ1) is 21.3. The Kier molecular flexibility index (Phi) is 14.6. The minimum absolute atomic E-state index is 0. The van der Waals surface area contributed by atoms with Gasteiger partial charge in [0.15, 0.2) is 5.78 Å². The minimum atomic E-state index is 0. The van der Waals surface area contributed by atoms with Crippen LogP contribution in [0.4, 0.5) is 0 Å². The first-order valence-corrected chi connectivity index (χ1v) is 8.50. The highest BCUT2D eigenvalue weighted by molar-refractivity contribution is 8.77. The second-order valence-electron chi connectivity index (χ2n) is 4.12. The molecule has 1 atom stereocenters. The van der Waals surface area contributed by atoms with Gasteiger partial charge in [0.2, 0.25) is 0 Å². The predicted octanol–water partition coefficient (Wildman–Crippen LogP) is 4.15. The predicted molar refractivity (Wildman–Crippen MR) is 86.9 cm³/mol. The zero-order valence-corrected chi connectivity index (χ0v) is 11.9. The van der Waals surface area contributed by atoms with E-state index in [-0.39, 0.29) is 27.2 Å². The van der Waals surface area contributed by atoms with Crippen LogP contribution in [0.2, 0.25) is 0 Å². The molecule has 0 spiro atoms. The molecule has 3 nitrogen and oxygen atoms in total. The summed E-state index contributed by atoms with van der Waals surface area (Å²) in [5, 5.41) is 0.523. The third-order valence-electron chi connectivity index (χ3n) is 2.58. The van der Waals surface area contributed by atoms with Gasteiger partial charge in [-0.15, -0.1) is 0 Å². The second-order valence-corrected chi connectivity index (χ2v) is 6.91. The van der Waals surface area contributed by atoms with Crippen LogP contribution in [-0.4, -0.2) is 35.8 Å². The summed E-state index contributed by atoms with van der Waals surface area (Å²) in [5.74, 6) is 1.62. The van der Waals surface area contributed by atoms with Crippen molar-refractivity contribution in [2.75, 3.05) is 19.0 Å². The third kappa shape index (κ3) is 10.4. The van der Waals surface area contributed by atoms with Crippen LogP contribution in [0, 0.1) is 0 Å². The van der Waals surface area contributed by atoms with Crippen LogP contribution >= 0.6 is 21.6 Å². The monoisotopic (exact) mass is 308 g/mol. The number of Topliss-reactive ketones (excluding diaryl/α,β-unsaturated/α-hetero) is 2. The Morgan fingerprint density at radius 3 is 2.58 bits per heavy atom. The molecule has 1 saturated heterocycles. The van der Waals surface area contributed by atoms with E-state index in [2.05, 4.69) is 0 Å². The number of carbonyl (C=O) groups is 2. The minimum Gasteiger partial charge on any atom is -0.374 e. The van der Waals surface area contributed by atoms with E-state index < -0.39 is 0 Å². The van der Waals surface area contributed by atoms with Crippen molar-refractivity contribution in [3.05, 3.63) is 0 Å². The van der Waals surface area contributed by atoms with Gasteiger partial charge in [-0.1, -0.05) is 43.4 Å². The molecule has 0 N–H and O–H groups in total. The van der Waals surface area contributed by atoms with Gasteiger partial charge >= 0.3 is 0 Å². The normalized spacial score (nSPS) is 17.4. The Bertz CT molecular complexity index is 251. The zero-order chi connectivity index (χ0) is 12.5. The summed E-state index contributed by atoms with van der Waals surface area (Å²) in [6, 6.07) is 0. The fourth-order valence-corrected chi connectivity index (χ4v) is 4.46. The van der Waals surface area contributed by atoms with Gasteiger partial charge in [-0.05, 0) is 12.8 Å². The molecular formula is C14H28O3S2. The van der Waals surface area contributed by atoms with E-state index in [1.54, 1.807) is 0 Å². The van der Waals surface area contributed by atoms with Crippen molar-refractivity contribution in [1.82, 2.24) is 0 Å². The van der Waals surface area contributed by atoms with Crippen molar-refractivity contribution in [3.63, 3.8) is 0 Å². The molecule has 1 rings (SSSR count). The molecule has 0 aromatic heterocycles. The highest BCUT2D eigenvalue weighted by Crippen LogP contribution is 2.39. The molecule has 19 heavy (non-hydrogen) atoms. The van der Waals surface area contributed by atoms with Gasteiger partial charge in [0.25, 0.3) is 0 Å². The summed E-state index contributed by atoms with van der Waals surface area (Å²) in [6.07, 6.45) is 3.70. The number of hydrogen-bond acceptors (Lipinski definition) is 5. The Labute approximate surface area is 126 Å². The van der Waals surface area contributed by atoms with Crippen LogP contribution in [0.25, 0.3) is 0 Å². The lowest BCUT2D eigenvalue weighted by molar-refractivity contribution is -0.123. The first-order valence-electron chi connectivity index (χ1n) is 6.11. The maximum atomic E-state index is 11.6. The van der Waals surface area contributed by atoms with Crippen LogP contribution in [0.1, 0.15) is 53.9 Å². The Balaban J connectivity index is 0. The molecule has 0 saturated carbocycles. The van der Waals surface area contributed by atoms with Gasteiger partial charge in [-0.25, -0.2) is 0 Å². The van der Waals surface area contributed by atoms with E-state index in [1.807, 2.05) is 28.5 Å². The van der Waals surface area contributed by atoms with Crippen molar-refractivity contribution in [2.24, 2.45) is 0 Å². The van der Waals surface area contributed by atoms with Gasteiger partial charge in [0.1, 0.15) is 12.4 Å². The van der Waals surface area contributed by atoms with Gasteiger partial charge < -0.3 is 4.74 Å². The van der Waals surface area contributed by atoms with E-state index in [0.717, 1.165) is 12.8 Å². The molecule has 1 heterocycles. The highest BCUT2D eigenvalue weighted by atomic mass is 33.1. The average Bonchev–Trinajstić information content (AvgIpc) is 2.81. The molecule has 1 unspecified atom stereocenters. The molecule has 0 amide bonds. The molecule has 0 radical (unpaired) electrons. The van der Waals surface area contributed by atoms with E-state index >= 15 is 0 Å². The van der Waals surface area contributed by atoms with Gasteiger partial charge in [-0.2, -0.15) is 0 Å². The number of carbonyl (C=O) groups excluding carboxylic acids is 2. The van der Waals surface area contributed by atoms with Gasteiger partial charge in [0, 0.05) is 36.9 Å². The van der Waals surface area contributed by atoms with Crippen LogP contribution in [0.5, 0.6) is 0 Å². The van der Waals surface area contributed by atoms with E-state index in [4.69, 9.17) is 4.74 Å². The molecule has 0 aliphatic carbocycles. The lowest BCUT2D eigenvalue weighted by Gasteiger charge is -2.06. The van der Waals surface area contributed by atoms with E-state index in [0.29, 0.717) is 36.9 Å². The van der Waals surface area contributed by atoms with Crippen LogP contribution in [0.15, 0.2) is 0 Å². The molecule has 0 aromatic carbocycles. The number of rotatable bonds is 9. The first-order chi connectivity index (χ1) is 8.22. The number of hydrogen-bond donors (Lipinski definition) is 0. The summed E-state index contributed by atoms with van der Waals surface area (Å²) < 4.78 is 5.20. The Morgan fingerprint density at radius 2 is 2.00 bits per heavy atom. The van der Waals surface area contributed by atoms with Crippen molar-refractivity contribution in [2.45, 2.75) is 59.1 Å². The largest absolute Gasteiger partial charge is 0.374 e. The standard InChI is InChI=1S/C12H20O3S2.2CH4/c1-2-10(13)9-15-6-3-4-11(14)8-12-5-7-16-17-12;;/h12H,2-9H2,1H3;2*1H4. The molecule has 0 bridgehead atoms. The van der Waals surface area contributed by atoms with Crippen LogP contribution in [0.3, 0.4) is 0 Å². The van der Waals surface area contributed by atoms with E-state index in [9.17, 15) is 9.59 Å². The maximum absolute atomic E-state index is 11.6. The second kappa shape index (κ2) is 13.0. The van der Waals surface area contributed by atoms with Crippen molar-refractivity contribution < 1.29 is 14.3 Å². The summed E-state index contributed by atoms with van der Waals surface area (Å²) in [6.45, 7) is 2.54. The SMILES string of the molecule is C.C.CCC(=O)COCCCC(=O)CC1CCSS1. The highest BCUT2D eigenvalue weighted by Gasteiger charge is 2.19. The number of ketones is 2. The van der Waals surface area contributed by atoms with Gasteiger partial charge in [-0.3, -0.25) is 9.59 Å². The topological polar surface area (TPSA) is 43.4 Å². The molecule has 0 aromatic rings. The van der Waals surface area contributed by atoms with Crippen molar-refractivity contribution in [1.29, 1.82) is 0 Å². The van der Waals surface area contributed by atoms with Crippen LogP contribution in [-0.2, 0) is 14.3 Å². The molecule has 1 fully saturated rings. The fraction of sp³-hybridized carbons (Fsp3) is 0.857. The molecular weight excluding hydrogens is 280 g/mol. The lowest BCUT2D eigenvalue weighted by Crippen LogP contribution is -2.11. The van der Waals surface area contributed by atoms with Crippen molar-refractivity contribution in [3.8, 4) is 0 Å². The molecule has 1 aliphatic rings. The Morgan fingerprint density at radius 1 is 1.26 bits per heavy atom. The summed E-state index contributed by atoms with van der Waals surface area (Å²) in [7, 11) is 3.71. The smallest absolute Gasteiger partial charge is 0.158 e. The maximum Gasteiger partial charge on any atom is 0.158 e. The quantitative estimate of drug-likeness (QED) is 0.473. The molecule has 1 aliphatic heterocycles. The molecule has 114 valence electrons. The zero-order valence-electron chi connectivity index (χ0n) is 10.3. The average molecular weight is 309 g/mol. The number of ether oxygens (including phenoxy) is 1. The summed E-state index contributed by atoms with van der Waals surface area (Å²) >= 11 is 0. The molecule has 5 heteroatoms. The third-order valence-corrected chi connectivity index (χ3v) is 5.52. The van der Waals surface area contributed by atoms with E-state index in [1.165, 1.54) is 5.75 Å². The lowest BCUT2D eigenvalue weighted by atomic mass is 10.1. The van der Waals surface area contributed by atoms with Crippen LogP contribution < -0.4 is 0 Å².